The average molecular weight is 748 g/mol. The SMILES string of the molecule is C[C@@H](O[Si](C)(C)C(C)(C)C)[C@H]1C(=O)N2C(C(=O)O)=C(COC(=O)Oc3ccc(CO[Si](c4ccccc4)(c4ccccc4)C(C)(C)C)cc3)S[C@H]12. The van der Waals surface area contributed by atoms with Crippen molar-refractivity contribution < 1.29 is 37.8 Å². The predicted octanol–water partition coefficient (Wildman–Crippen LogP) is 7.52. The molecule has 2 aliphatic heterocycles. The Morgan fingerprint density at radius 3 is 1.88 bits per heavy atom. The molecule has 0 radical (unpaired) electrons. The highest BCUT2D eigenvalue weighted by Gasteiger charge is 2.59. The number of aliphatic carboxylic acids is 1. The van der Waals surface area contributed by atoms with E-state index >= 15 is 0 Å². The highest BCUT2D eigenvalue weighted by molar-refractivity contribution is 8.04. The van der Waals surface area contributed by atoms with Crippen LogP contribution in [0.4, 0.5) is 4.79 Å². The summed E-state index contributed by atoms with van der Waals surface area (Å²) in [5.74, 6) is -1.77. The van der Waals surface area contributed by atoms with Crippen LogP contribution in [0.1, 0.15) is 54.0 Å². The van der Waals surface area contributed by atoms with Gasteiger partial charge in [0.1, 0.15) is 23.4 Å². The van der Waals surface area contributed by atoms with Crippen molar-refractivity contribution in [3.8, 4) is 5.75 Å². The summed E-state index contributed by atoms with van der Waals surface area (Å²) in [7, 11) is -4.90. The molecule has 1 saturated heterocycles. The van der Waals surface area contributed by atoms with Crippen molar-refractivity contribution in [3.05, 3.63) is 101 Å². The van der Waals surface area contributed by atoms with Crippen LogP contribution in [0.3, 0.4) is 0 Å². The van der Waals surface area contributed by atoms with Gasteiger partial charge in [0.15, 0.2) is 8.32 Å². The Hall–Kier alpha value is -3.69. The van der Waals surface area contributed by atoms with Gasteiger partial charge in [0.2, 0.25) is 5.91 Å². The third-order valence-corrected chi connectivity index (χ3v) is 21.1. The first-order valence-corrected chi connectivity index (χ1v) is 22.9. The number of ether oxygens (including phenoxy) is 2. The van der Waals surface area contributed by atoms with Gasteiger partial charge in [0.05, 0.1) is 23.5 Å². The fraction of sp³-hybridized carbons (Fsp3) is 0.410. The van der Waals surface area contributed by atoms with Gasteiger partial charge in [-0.3, -0.25) is 9.69 Å². The number of carboxylic acid groups (broad SMARTS) is 1. The molecule has 272 valence electrons. The number of amides is 1. The summed E-state index contributed by atoms with van der Waals surface area (Å²) >= 11 is 1.22. The number of hydrogen-bond donors (Lipinski definition) is 1. The van der Waals surface area contributed by atoms with Gasteiger partial charge < -0.3 is 23.4 Å². The third-order valence-electron chi connectivity index (χ3n) is 10.2. The number of benzene rings is 3. The van der Waals surface area contributed by atoms with Crippen LogP contribution in [0, 0.1) is 5.92 Å². The fourth-order valence-corrected chi connectivity index (χ4v) is 14.0. The molecule has 0 bridgehead atoms. The first-order chi connectivity index (χ1) is 23.9. The van der Waals surface area contributed by atoms with E-state index in [2.05, 4.69) is 103 Å². The molecule has 3 aromatic carbocycles. The van der Waals surface area contributed by atoms with Gasteiger partial charge in [-0.1, -0.05) is 126 Å². The number of fused-ring (bicyclic) bond motifs is 1. The molecular formula is C39H49NO8SSi2. The Bertz CT molecular complexity index is 1730. The molecule has 0 aliphatic carbocycles. The molecule has 3 aromatic rings. The second kappa shape index (κ2) is 14.7. The van der Waals surface area contributed by atoms with Crippen LogP contribution in [0.2, 0.25) is 23.2 Å². The van der Waals surface area contributed by atoms with Gasteiger partial charge in [-0.15, -0.1) is 0 Å². The highest BCUT2D eigenvalue weighted by atomic mass is 32.2. The van der Waals surface area contributed by atoms with Crippen LogP contribution in [0.15, 0.2) is 95.5 Å². The van der Waals surface area contributed by atoms with Crippen molar-refractivity contribution in [2.75, 3.05) is 6.61 Å². The smallest absolute Gasteiger partial charge is 0.477 e. The summed E-state index contributed by atoms with van der Waals surface area (Å²) in [6, 6.07) is 27.9. The number of carboxylic acids is 1. The van der Waals surface area contributed by atoms with Gasteiger partial charge in [-0.25, -0.2) is 9.59 Å². The molecule has 0 spiro atoms. The number of rotatable bonds is 12. The predicted molar refractivity (Wildman–Crippen MR) is 205 cm³/mol. The largest absolute Gasteiger partial charge is 0.514 e. The van der Waals surface area contributed by atoms with E-state index in [1.54, 1.807) is 12.1 Å². The quantitative estimate of drug-likeness (QED) is 0.0871. The summed E-state index contributed by atoms with van der Waals surface area (Å²) in [5.41, 5.74) is 0.752. The fourth-order valence-electron chi connectivity index (χ4n) is 6.51. The van der Waals surface area contributed by atoms with E-state index in [0.717, 1.165) is 5.56 Å². The Balaban J connectivity index is 1.22. The molecule has 0 saturated carbocycles. The summed E-state index contributed by atoms with van der Waals surface area (Å²) in [6.07, 6.45) is -1.36. The average Bonchev–Trinajstić information content (AvgIpc) is 3.39. The molecule has 0 unspecified atom stereocenters. The Kier molecular flexibility index (Phi) is 11.1. The van der Waals surface area contributed by atoms with Gasteiger partial charge in [-0.05, 0) is 58.2 Å². The molecule has 1 fully saturated rings. The number of thioether (sulfide) groups is 1. The van der Waals surface area contributed by atoms with Crippen molar-refractivity contribution in [2.45, 2.75) is 89.7 Å². The minimum absolute atomic E-state index is 0.0427. The first kappa shape index (κ1) is 38.5. The zero-order valence-electron chi connectivity index (χ0n) is 30.9. The standard InChI is InChI=1S/C39H49NO8SSi2/c1-26(48-50(8,9)38(2,3)4)32-34(41)40-33(36(42)43)31(49-35(32)40)25-45-37(44)47-28-22-20-27(21-23-28)24-46-51(39(5,6)7,29-16-12-10-13-17-29)30-18-14-11-15-19-30/h10-23,26,32,35H,24-25H2,1-9H3,(H,42,43)/t26-,32+,35-/m1/s1. The minimum atomic E-state index is -2.73. The van der Waals surface area contributed by atoms with Crippen molar-refractivity contribution in [2.24, 2.45) is 5.92 Å². The van der Waals surface area contributed by atoms with Gasteiger partial charge in [-0.2, -0.15) is 0 Å². The number of carbonyl (C=O) groups excluding carboxylic acids is 2. The van der Waals surface area contributed by atoms with Crippen LogP contribution < -0.4 is 15.1 Å². The molecule has 2 heterocycles. The van der Waals surface area contributed by atoms with Crippen molar-refractivity contribution in [3.63, 3.8) is 0 Å². The lowest BCUT2D eigenvalue weighted by Crippen LogP contribution is -2.66. The van der Waals surface area contributed by atoms with E-state index in [1.807, 2.05) is 31.2 Å². The number of hydrogen-bond acceptors (Lipinski definition) is 8. The monoisotopic (exact) mass is 747 g/mol. The Labute approximate surface area is 307 Å². The third kappa shape index (κ3) is 7.75. The van der Waals surface area contributed by atoms with Crippen LogP contribution in [0.25, 0.3) is 0 Å². The Morgan fingerprint density at radius 1 is 0.843 bits per heavy atom. The van der Waals surface area contributed by atoms with Crippen LogP contribution >= 0.6 is 11.8 Å². The van der Waals surface area contributed by atoms with E-state index in [-0.39, 0.29) is 45.0 Å². The number of β-lactam (4-membered cyclic amide) rings is 1. The summed E-state index contributed by atoms with van der Waals surface area (Å²) in [4.78, 5) is 39.7. The van der Waals surface area contributed by atoms with Crippen molar-refractivity contribution in [1.82, 2.24) is 4.90 Å². The lowest BCUT2D eigenvalue weighted by molar-refractivity contribution is -0.156. The normalized spacial score (nSPS) is 18.6. The summed E-state index contributed by atoms with van der Waals surface area (Å²) in [6.45, 7) is 19.2. The van der Waals surface area contributed by atoms with Gasteiger partial charge in [0, 0.05) is 0 Å². The zero-order valence-corrected chi connectivity index (χ0v) is 33.7. The van der Waals surface area contributed by atoms with E-state index in [4.69, 9.17) is 18.3 Å². The zero-order chi connectivity index (χ0) is 37.4. The number of nitrogens with zero attached hydrogens (tertiary/aromatic N) is 1. The first-order valence-electron chi connectivity index (χ1n) is 17.2. The summed E-state index contributed by atoms with van der Waals surface area (Å²) in [5, 5.41) is 11.7. The molecule has 51 heavy (non-hydrogen) atoms. The van der Waals surface area contributed by atoms with Gasteiger partial charge >= 0.3 is 12.1 Å². The molecule has 1 N–H and O–H groups in total. The molecule has 12 heteroatoms. The molecule has 2 aliphatic rings. The van der Waals surface area contributed by atoms with Gasteiger partial charge in [0.25, 0.3) is 8.32 Å². The minimum Gasteiger partial charge on any atom is -0.477 e. The van der Waals surface area contributed by atoms with E-state index < -0.39 is 40.1 Å². The van der Waals surface area contributed by atoms with E-state index in [0.29, 0.717) is 6.61 Å². The molecule has 1 amide bonds. The maximum absolute atomic E-state index is 13.2. The lowest BCUT2D eigenvalue weighted by atomic mass is 9.92. The molecule has 3 atom stereocenters. The van der Waals surface area contributed by atoms with Crippen molar-refractivity contribution >= 4 is 56.8 Å². The second-order valence-electron chi connectivity index (χ2n) is 15.6. The molecule has 5 rings (SSSR count). The van der Waals surface area contributed by atoms with Crippen LogP contribution in [-0.4, -0.2) is 62.8 Å². The molecular weight excluding hydrogens is 699 g/mol. The summed E-state index contributed by atoms with van der Waals surface area (Å²) < 4.78 is 24.3. The van der Waals surface area contributed by atoms with Crippen LogP contribution in [0.5, 0.6) is 5.75 Å². The van der Waals surface area contributed by atoms with E-state index in [9.17, 15) is 19.5 Å². The van der Waals surface area contributed by atoms with Crippen molar-refractivity contribution in [1.29, 1.82) is 0 Å². The van der Waals surface area contributed by atoms with E-state index in [1.165, 1.54) is 27.0 Å². The number of carbonyl (C=O) groups is 3. The second-order valence-corrected chi connectivity index (χ2v) is 25.9. The molecule has 9 nitrogen and oxygen atoms in total. The molecule has 0 aromatic heterocycles. The highest BCUT2D eigenvalue weighted by Crippen LogP contribution is 2.51. The maximum atomic E-state index is 13.2. The topological polar surface area (TPSA) is 112 Å². The maximum Gasteiger partial charge on any atom is 0.514 e. The lowest BCUT2D eigenvalue weighted by Gasteiger charge is -2.48. The van der Waals surface area contributed by atoms with Crippen LogP contribution in [-0.2, 0) is 29.8 Å². The Morgan fingerprint density at radius 2 is 1.39 bits per heavy atom.